The first kappa shape index (κ1) is 20.3. The Kier molecular flexibility index (Phi) is 6.39. The Bertz CT molecular complexity index is 1060. The van der Waals surface area contributed by atoms with E-state index in [1.54, 1.807) is 30.3 Å². The van der Waals surface area contributed by atoms with E-state index >= 15 is 0 Å². The first-order valence-corrected chi connectivity index (χ1v) is 9.09. The highest BCUT2D eigenvalue weighted by Gasteiger charge is 2.13. The second kappa shape index (κ2) is 9.14. The Labute approximate surface area is 166 Å². The molecule has 0 fully saturated rings. The second-order valence-electron chi connectivity index (χ2n) is 6.55. The van der Waals surface area contributed by atoms with Crippen molar-refractivity contribution in [2.45, 2.75) is 19.4 Å². The zero-order valence-corrected chi connectivity index (χ0v) is 15.6. The number of nitrogen functional groups attached to an aromatic ring is 1. The molecule has 2 N–H and O–H groups in total. The summed E-state index contributed by atoms with van der Waals surface area (Å²) in [4.78, 5) is 25.0. The number of carbonyl (C=O) groups is 1. The fourth-order valence-electron chi connectivity index (χ4n) is 2.83. The van der Waals surface area contributed by atoms with Gasteiger partial charge in [0.15, 0.2) is 17.4 Å². The summed E-state index contributed by atoms with van der Waals surface area (Å²) in [6.45, 7) is 0.364. The molecule has 0 radical (unpaired) electrons. The number of hydrogen-bond acceptors (Lipinski definition) is 4. The maximum absolute atomic E-state index is 13.4. The van der Waals surface area contributed by atoms with Crippen LogP contribution in [0.5, 0.6) is 5.75 Å². The molecule has 1 heterocycles. The van der Waals surface area contributed by atoms with Crippen molar-refractivity contribution in [1.82, 2.24) is 4.57 Å². The number of pyridine rings is 1. The lowest BCUT2D eigenvalue weighted by atomic mass is 10.1. The van der Waals surface area contributed by atoms with Crippen molar-refractivity contribution in [2.75, 3.05) is 12.3 Å². The van der Waals surface area contributed by atoms with Crippen LogP contribution in [0, 0.1) is 11.6 Å². The predicted molar refractivity (Wildman–Crippen MR) is 106 cm³/mol. The minimum atomic E-state index is -0.983. The minimum Gasteiger partial charge on any atom is -0.494 e. The smallest absolute Gasteiger partial charge is 0.261 e. The van der Waals surface area contributed by atoms with Gasteiger partial charge >= 0.3 is 0 Å². The van der Waals surface area contributed by atoms with Gasteiger partial charge in [0.1, 0.15) is 5.75 Å². The lowest BCUT2D eigenvalue weighted by Crippen LogP contribution is -2.26. The summed E-state index contributed by atoms with van der Waals surface area (Å²) in [6, 6.07) is 13.4. The summed E-state index contributed by atoms with van der Waals surface area (Å²) in [5.41, 5.74) is 6.25. The number of halogens is 2. The highest BCUT2D eigenvalue weighted by Crippen LogP contribution is 2.14. The third kappa shape index (κ3) is 5.28. The van der Waals surface area contributed by atoms with E-state index in [-0.39, 0.29) is 24.3 Å². The van der Waals surface area contributed by atoms with Crippen molar-refractivity contribution in [3.63, 3.8) is 0 Å². The van der Waals surface area contributed by atoms with Gasteiger partial charge < -0.3 is 15.0 Å². The number of Topliss-reactive ketones (excluding diaryl/α,β-unsaturated/α-hetero) is 1. The van der Waals surface area contributed by atoms with Crippen LogP contribution in [0.15, 0.2) is 65.6 Å². The van der Waals surface area contributed by atoms with E-state index in [0.29, 0.717) is 30.0 Å². The van der Waals surface area contributed by atoms with Gasteiger partial charge in [0.2, 0.25) is 0 Å². The van der Waals surface area contributed by atoms with Gasteiger partial charge in [-0.1, -0.05) is 6.07 Å². The SMILES string of the molecule is Nc1ccc(OCCCC(=O)c2cccn(Cc3ccc(F)c(F)c3)c2=O)cc1. The van der Waals surface area contributed by atoms with E-state index in [9.17, 15) is 18.4 Å². The van der Waals surface area contributed by atoms with Crippen molar-refractivity contribution >= 4 is 11.5 Å². The van der Waals surface area contributed by atoms with Gasteiger partial charge in [0.05, 0.1) is 18.7 Å². The fourth-order valence-corrected chi connectivity index (χ4v) is 2.83. The molecule has 0 spiro atoms. The monoisotopic (exact) mass is 398 g/mol. The fraction of sp³-hybridized carbons (Fsp3) is 0.182. The first-order valence-electron chi connectivity index (χ1n) is 9.09. The van der Waals surface area contributed by atoms with E-state index in [1.807, 2.05) is 0 Å². The number of nitrogens with two attached hydrogens (primary N) is 1. The molecular formula is C22H20F2N2O3. The van der Waals surface area contributed by atoms with Crippen LogP contribution < -0.4 is 16.0 Å². The molecule has 29 heavy (non-hydrogen) atoms. The molecule has 0 bridgehead atoms. The van der Waals surface area contributed by atoms with Crippen LogP contribution in [0.25, 0.3) is 0 Å². The summed E-state index contributed by atoms with van der Waals surface area (Å²) in [6.07, 6.45) is 2.10. The third-order valence-corrected chi connectivity index (χ3v) is 4.35. The minimum absolute atomic E-state index is 0.0391. The molecule has 2 aromatic carbocycles. The number of carbonyl (C=O) groups excluding carboxylic acids is 1. The Balaban J connectivity index is 1.60. The van der Waals surface area contributed by atoms with Crippen molar-refractivity contribution < 1.29 is 18.3 Å². The summed E-state index contributed by atoms with van der Waals surface area (Å²) in [5.74, 6) is -1.58. The van der Waals surface area contributed by atoms with Crippen LogP contribution in [-0.2, 0) is 6.54 Å². The van der Waals surface area contributed by atoms with Gasteiger partial charge in [0, 0.05) is 18.3 Å². The molecule has 0 unspecified atom stereocenters. The number of hydrogen-bond donors (Lipinski definition) is 1. The molecular weight excluding hydrogens is 378 g/mol. The molecule has 0 saturated heterocycles. The van der Waals surface area contributed by atoms with Crippen molar-refractivity contribution in [3.05, 3.63) is 93.9 Å². The molecule has 1 aromatic heterocycles. The number of ketones is 1. The number of benzene rings is 2. The van der Waals surface area contributed by atoms with Crippen molar-refractivity contribution in [1.29, 1.82) is 0 Å². The maximum Gasteiger partial charge on any atom is 0.261 e. The number of anilines is 1. The molecule has 0 atom stereocenters. The van der Waals surface area contributed by atoms with Gasteiger partial charge in [-0.15, -0.1) is 0 Å². The standard InChI is InChI=1S/C22H20F2N2O3/c23-19-10-5-15(13-20(19)24)14-26-11-1-3-18(22(26)28)21(27)4-2-12-29-17-8-6-16(25)7-9-17/h1,3,5-11,13H,2,4,12,14,25H2. The van der Waals surface area contributed by atoms with Crippen LogP contribution >= 0.6 is 0 Å². The third-order valence-electron chi connectivity index (χ3n) is 4.35. The van der Waals surface area contributed by atoms with E-state index in [0.717, 1.165) is 12.1 Å². The largest absolute Gasteiger partial charge is 0.494 e. The predicted octanol–water partition coefficient (Wildman–Crippen LogP) is 3.80. The Hall–Kier alpha value is -3.48. The quantitative estimate of drug-likeness (QED) is 0.356. The summed E-state index contributed by atoms with van der Waals surface area (Å²) in [5, 5.41) is 0. The molecule has 3 rings (SSSR count). The van der Waals surface area contributed by atoms with Crippen LogP contribution in [0.3, 0.4) is 0 Å². The number of nitrogens with zero attached hydrogens (tertiary/aromatic N) is 1. The second-order valence-corrected chi connectivity index (χ2v) is 6.55. The molecule has 7 heteroatoms. The molecule has 0 amide bonds. The van der Waals surface area contributed by atoms with Crippen molar-refractivity contribution in [2.24, 2.45) is 0 Å². The van der Waals surface area contributed by atoms with Gasteiger partial charge in [-0.3, -0.25) is 9.59 Å². The van der Waals surface area contributed by atoms with Gasteiger partial charge in [-0.25, -0.2) is 8.78 Å². The maximum atomic E-state index is 13.4. The van der Waals surface area contributed by atoms with Gasteiger partial charge in [0.25, 0.3) is 5.56 Å². The molecule has 0 aliphatic rings. The normalized spacial score (nSPS) is 10.7. The molecule has 3 aromatic rings. The van der Waals surface area contributed by atoms with Gasteiger partial charge in [-0.2, -0.15) is 0 Å². The number of aromatic nitrogens is 1. The van der Waals surface area contributed by atoms with Crippen molar-refractivity contribution in [3.8, 4) is 5.75 Å². The summed E-state index contributed by atoms with van der Waals surface area (Å²) < 4.78 is 33.3. The average molecular weight is 398 g/mol. The molecule has 150 valence electrons. The van der Waals surface area contributed by atoms with E-state index in [1.165, 1.54) is 22.9 Å². The molecule has 0 aliphatic carbocycles. The Morgan fingerprint density at radius 2 is 1.79 bits per heavy atom. The van der Waals surface area contributed by atoms with Crippen LogP contribution in [0.4, 0.5) is 14.5 Å². The summed E-state index contributed by atoms with van der Waals surface area (Å²) >= 11 is 0. The molecule has 5 nitrogen and oxygen atoms in total. The lowest BCUT2D eigenvalue weighted by Gasteiger charge is -2.09. The van der Waals surface area contributed by atoms with Gasteiger partial charge in [-0.05, 0) is 60.5 Å². The summed E-state index contributed by atoms with van der Waals surface area (Å²) in [7, 11) is 0. The Morgan fingerprint density at radius 3 is 2.52 bits per heavy atom. The van der Waals surface area contributed by atoms with Crippen LogP contribution in [0.1, 0.15) is 28.8 Å². The number of rotatable bonds is 8. The molecule has 0 aliphatic heterocycles. The topological polar surface area (TPSA) is 74.3 Å². The van der Waals surface area contributed by atoms with E-state index < -0.39 is 17.2 Å². The Morgan fingerprint density at radius 1 is 1.03 bits per heavy atom. The van der Waals surface area contributed by atoms with Crippen LogP contribution in [0.2, 0.25) is 0 Å². The zero-order valence-electron chi connectivity index (χ0n) is 15.6. The first-order chi connectivity index (χ1) is 13.9. The lowest BCUT2D eigenvalue weighted by molar-refractivity contribution is 0.0971. The van der Waals surface area contributed by atoms with E-state index in [4.69, 9.17) is 10.5 Å². The zero-order chi connectivity index (χ0) is 20.8. The highest BCUT2D eigenvalue weighted by atomic mass is 19.2. The van der Waals surface area contributed by atoms with E-state index in [2.05, 4.69) is 0 Å². The van der Waals surface area contributed by atoms with Crippen LogP contribution in [-0.4, -0.2) is 17.0 Å². The highest BCUT2D eigenvalue weighted by molar-refractivity contribution is 5.95. The number of ether oxygens (including phenoxy) is 1. The molecule has 0 saturated carbocycles. The average Bonchev–Trinajstić information content (AvgIpc) is 2.71.